The van der Waals surface area contributed by atoms with Crippen LogP contribution < -0.4 is 0 Å². The number of nitrogens with zero attached hydrogens (tertiary/aromatic N) is 4. The predicted octanol–water partition coefficient (Wildman–Crippen LogP) is 3.37. The van der Waals surface area contributed by atoms with E-state index in [9.17, 15) is 4.79 Å². The molecule has 5 nitrogen and oxygen atoms in total. The molecule has 0 aromatic carbocycles. The van der Waals surface area contributed by atoms with Gasteiger partial charge < -0.3 is 9.47 Å². The Balaban J connectivity index is 1.33. The molecule has 1 aliphatic carbocycles. The number of hydrogen-bond donors (Lipinski definition) is 0. The molecule has 0 unspecified atom stereocenters. The normalized spacial score (nSPS) is 23.6. The fourth-order valence-corrected chi connectivity index (χ4v) is 5.25. The number of carbonyl (C=O) groups is 1. The van der Waals surface area contributed by atoms with Gasteiger partial charge in [0.15, 0.2) is 0 Å². The SMILES string of the molecule is CCc1nnc2n1CCC1(CC2)CCN(C(=O)CC2CCCC2)CC1. The summed E-state index contributed by atoms with van der Waals surface area (Å²) in [6, 6.07) is 0. The Morgan fingerprint density at radius 1 is 1.08 bits per heavy atom. The average Bonchev–Trinajstić information content (AvgIpc) is 3.25. The molecule has 1 aromatic heterocycles. The minimum atomic E-state index is 0.413. The van der Waals surface area contributed by atoms with Gasteiger partial charge in [-0.15, -0.1) is 10.2 Å². The number of fused-ring (bicyclic) bond motifs is 1. The molecular weight excluding hydrogens is 312 g/mol. The van der Waals surface area contributed by atoms with Crippen LogP contribution >= 0.6 is 0 Å². The number of piperidine rings is 1. The molecule has 0 radical (unpaired) electrons. The summed E-state index contributed by atoms with van der Waals surface area (Å²) in [7, 11) is 0. The highest BCUT2D eigenvalue weighted by atomic mass is 16.2. The van der Waals surface area contributed by atoms with Gasteiger partial charge in [-0.05, 0) is 49.9 Å². The van der Waals surface area contributed by atoms with Crippen molar-refractivity contribution in [2.24, 2.45) is 11.3 Å². The van der Waals surface area contributed by atoms with Crippen molar-refractivity contribution >= 4 is 5.91 Å². The lowest BCUT2D eigenvalue weighted by molar-refractivity contribution is -0.134. The summed E-state index contributed by atoms with van der Waals surface area (Å²) >= 11 is 0. The topological polar surface area (TPSA) is 51.0 Å². The highest BCUT2D eigenvalue weighted by Gasteiger charge is 2.38. The molecule has 3 aliphatic rings. The standard InChI is InChI=1S/C20H32N4O/c1-2-17-21-22-18-7-8-20(11-14-24(17)18)9-12-23(13-10-20)19(25)15-16-5-3-4-6-16/h16H,2-15H2,1H3. The van der Waals surface area contributed by atoms with Crippen LogP contribution in [0.3, 0.4) is 0 Å². The van der Waals surface area contributed by atoms with Crippen molar-refractivity contribution < 1.29 is 4.79 Å². The van der Waals surface area contributed by atoms with Crippen molar-refractivity contribution in [3.63, 3.8) is 0 Å². The second kappa shape index (κ2) is 7.08. The molecule has 1 amide bonds. The van der Waals surface area contributed by atoms with Gasteiger partial charge in [0.1, 0.15) is 11.6 Å². The van der Waals surface area contributed by atoms with Gasteiger partial charge in [0.2, 0.25) is 5.91 Å². The second-order valence-corrected chi connectivity index (χ2v) is 8.52. The van der Waals surface area contributed by atoms with E-state index in [1.807, 2.05) is 0 Å². The minimum Gasteiger partial charge on any atom is -0.343 e. The van der Waals surface area contributed by atoms with E-state index < -0.39 is 0 Å². The van der Waals surface area contributed by atoms with Gasteiger partial charge in [0.05, 0.1) is 0 Å². The monoisotopic (exact) mass is 344 g/mol. The third-order valence-electron chi connectivity index (χ3n) is 7.08. The number of aryl methyl sites for hydroxylation is 2. The van der Waals surface area contributed by atoms with Gasteiger partial charge >= 0.3 is 0 Å². The van der Waals surface area contributed by atoms with Crippen LogP contribution in [0, 0.1) is 11.3 Å². The lowest BCUT2D eigenvalue weighted by Crippen LogP contribution is -2.43. The summed E-state index contributed by atoms with van der Waals surface area (Å²) in [6.45, 7) is 5.15. The fraction of sp³-hybridized carbons (Fsp3) is 0.850. The van der Waals surface area contributed by atoms with Crippen molar-refractivity contribution in [1.29, 1.82) is 0 Å². The van der Waals surface area contributed by atoms with Crippen LogP contribution in [-0.2, 0) is 24.2 Å². The summed E-state index contributed by atoms with van der Waals surface area (Å²) in [5.41, 5.74) is 0.413. The van der Waals surface area contributed by atoms with Crippen LogP contribution in [0.15, 0.2) is 0 Å². The summed E-state index contributed by atoms with van der Waals surface area (Å²) in [6.07, 6.45) is 12.8. The van der Waals surface area contributed by atoms with Crippen molar-refractivity contribution in [3.8, 4) is 0 Å². The highest BCUT2D eigenvalue weighted by Crippen LogP contribution is 2.42. The molecule has 0 bridgehead atoms. The van der Waals surface area contributed by atoms with E-state index in [-0.39, 0.29) is 0 Å². The molecule has 25 heavy (non-hydrogen) atoms. The quantitative estimate of drug-likeness (QED) is 0.845. The third-order valence-corrected chi connectivity index (χ3v) is 7.08. The van der Waals surface area contributed by atoms with E-state index >= 15 is 0 Å². The number of amides is 1. The van der Waals surface area contributed by atoms with Crippen molar-refractivity contribution in [2.75, 3.05) is 13.1 Å². The Labute approximate surface area is 151 Å². The molecule has 2 fully saturated rings. The van der Waals surface area contributed by atoms with Gasteiger partial charge in [-0.1, -0.05) is 19.8 Å². The van der Waals surface area contributed by atoms with Crippen LogP contribution in [0.1, 0.15) is 76.4 Å². The smallest absolute Gasteiger partial charge is 0.222 e. The molecule has 1 spiro atoms. The highest BCUT2D eigenvalue weighted by molar-refractivity contribution is 5.76. The molecule has 0 atom stereocenters. The minimum absolute atomic E-state index is 0.413. The van der Waals surface area contributed by atoms with Crippen LogP contribution in [0.25, 0.3) is 0 Å². The van der Waals surface area contributed by atoms with E-state index in [4.69, 9.17) is 0 Å². The first kappa shape index (κ1) is 17.0. The Hall–Kier alpha value is -1.39. The molecule has 5 heteroatoms. The maximum atomic E-state index is 12.6. The van der Waals surface area contributed by atoms with E-state index in [2.05, 4.69) is 26.6 Å². The fourth-order valence-electron chi connectivity index (χ4n) is 5.25. The molecule has 1 saturated heterocycles. The maximum Gasteiger partial charge on any atom is 0.222 e. The first-order chi connectivity index (χ1) is 12.2. The maximum absolute atomic E-state index is 12.6. The Morgan fingerprint density at radius 2 is 1.80 bits per heavy atom. The van der Waals surface area contributed by atoms with E-state index in [1.165, 1.54) is 57.2 Å². The summed E-state index contributed by atoms with van der Waals surface area (Å²) in [5, 5.41) is 8.75. The molecule has 4 rings (SSSR count). The zero-order valence-corrected chi connectivity index (χ0v) is 15.7. The molecule has 1 saturated carbocycles. The lowest BCUT2D eigenvalue weighted by Gasteiger charge is -2.41. The molecule has 3 heterocycles. The Morgan fingerprint density at radius 3 is 2.52 bits per heavy atom. The van der Waals surface area contributed by atoms with E-state index in [0.717, 1.165) is 44.7 Å². The van der Waals surface area contributed by atoms with Crippen LogP contribution in [0.2, 0.25) is 0 Å². The molecular formula is C20H32N4O. The second-order valence-electron chi connectivity index (χ2n) is 8.52. The van der Waals surface area contributed by atoms with Gasteiger partial charge in [0, 0.05) is 38.9 Å². The summed E-state index contributed by atoms with van der Waals surface area (Å²) < 4.78 is 2.35. The zero-order chi connectivity index (χ0) is 17.3. The van der Waals surface area contributed by atoms with Crippen molar-refractivity contribution in [2.45, 2.75) is 84.1 Å². The zero-order valence-electron chi connectivity index (χ0n) is 15.7. The number of aromatic nitrogens is 3. The van der Waals surface area contributed by atoms with E-state index in [1.54, 1.807) is 0 Å². The van der Waals surface area contributed by atoms with Gasteiger partial charge in [-0.25, -0.2) is 0 Å². The van der Waals surface area contributed by atoms with Gasteiger partial charge in [-0.2, -0.15) is 0 Å². The van der Waals surface area contributed by atoms with Crippen LogP contribution in [0.4, 0.5) is 0 Å². The number of carbonyl (C=O) groups excluding carboxylic acids is 1. The number of hydrogen-bond acceptors (Lipinski definition) is 3. The first-order valence-corrected chi connectivity index (χ1v) is 10.4. The largest absolute Gasteiger partial charge is 0.343 e. The molecule has 1 aromatic rings. The predicted molar refractivity (Wildman–Crippen MR) is 97.2 cm³/mol. The van der Waals surface area contributed by atoms with Crippen LogP contribution in [0.5, 0.6) is 0 Å². The average molecular weight is 345 g/mol. The van der Waals surface area contributed by atoms with E-state index in [0.29, 0.717) is 17.2 Å². The summed E-state index contributed by atoms with van der Waals surface area (Å²) in [4.78, 5) is 14.8. The molecule has 2 aliphatic heterocycles. The molecule has 138 valence electrons. The Bertz CT molecular complexity index is 609. The number of rotatable bonds is 3. The third kappa shape index (κ3) is 3.47. The van der Waals surface area contributed by atoms with Gasteiger partial charge in [-0.3, -0.25) is 4.79 Å². The number of likely N-dealkylation sites (tertiary alicyclic amines) is 1. The van der Waals surface area contributed by atoms with Gasteiger partial charge in [0.25, 0.3) is 0 Å². The van der Waals surface area contributed by atoms with Crippen molar-refractivity contribution in [1.82, 2.24) is 19.7 Å². The lowest BCUT2D eigenvalue weighted by atomic mass is 9.72. The van der Waals surface area contributed by atoms with Crippen molar-refractivity contribution in [3.05, 3.63) is 11.6 Å². The Kier molecular flexibility index (Phi) is 4.83. The summed E-state index contributed by atoms with van der Waals surface area (Å²) in [5.74, 6) is 3.39. The molecule has 0 N–H and O–H groups in total. The van der Waals surface area contributed by atoms with Crippen LogP contribution in [-0.4, -0.2) is 38.7 Å². The first-order valence-electron chi connectivity index (χ1n) is 10.4.